The molecule has 18 heteroatoms. The second-order valence-electron chi connectivity index (χ2n) is 20.3. The van der Waals surface area contributed by atoms with E-state index >= 15 is 0 Å². The maximum Gasteiger partial charge on any atom is 0.321 e. The molecular formula is C36H90O9Si9. The van der Waals surface area contributed by atoms with Gasteiger partial charge in [0.2, 0.25) is 0 Å². The number of rotatable bonds is 18. The third kappa shape index (κ3) is 22.3. The highest BCUT2D eigenvalue weighted by atomic mass is 28.5. The Morgan fingerprint density at radius 2 is 0.648 bits per heavy atom. The van der Waals surface area contributed by atoms with Crippen molar-refractivity contribution in [3.8, 4) is 0 Å². The first kappa shape index (κ1) is 53.6. The quantitative estimate of drug-likeness (QED) is 0.127. The van der Waals surface area contributed by atoms with Crippen LogP contribution in [0.25, 0.3) is 0 Å². The molecule has 0 radical (unpaired) electrons. The molecule has 1 heterocycles. The van der Waals surface area contributed by atoms with Gasteiger partial charge < -0.3 is 37.0 Å². The lowest BCUT2D eigenvalue weighted by atomic mass is 10.3. The standard InChI is InChI=1S/C36H90O9Si9/c1-28(2)19-50-40-48-38-46-37-47-39-49-41-51(20-29(3)4,21-30(5)6)43-53(24-33(11)12,25-34(13)14)45-54(26-35(15)16,27-36(17)18)44-52(42-50,22-31(7)8)23-32(9)10/h28-36,50H,19-27,46-49H2,1-18H3. The highest BCUT2D eigenvalue weighted by Gasteiger charge is 2.58. The monoisotopic (exact) mass is 918 g/mol. The predicted octanol–water partition coefficient (Wildman–Crippen LogP) is 8.04. The summed E-state index contributed by atoms with van der Waals surface area (Å²) in [5, 5.41) is 0. The Kier molecular flexibility index (Phi) is 25.9. The SMILES string of the molecule is CC(C)C[SiH]1O[SiH2]O[SiH2]O[SiH2]O[SiH2]O[Si](CC(C)C)(CC(C)C)O[Si](CC(C)C)(CC(C)C)O[Si](CC(C)C)(CC(C)C)O[Si](CC(C)C)(CC(C)C)O1. The average molecular weight is 920 g/mol. The van der Waals surface area contributed by atoms with Crippen molar-refractivity contribution in [2.75, 3.05) is 0 Å². The molecule has 1 aliphatic rings. The summed E-state index contributed by atoms with van der Waals surface area (Å²) in [5.74, 6) is 3.81. The molecular weight excluding hydrogens is 829 g/mol. The first-order valence-corrected chi connectivity index (χ1v) is 37.0. The zero-order valence-electron chi connectivity index (χ0n) is 38.6. The molecule has 324 valence electrons. The third-order valence-corrected chi connectivity index (χ3v) is 42.1. The molecule has 0 aromatic carbocycles. The van der Waals surface area contributed by atoms with Crippen molar-refractivity contribution in [3.05, 3.63) is 0 Å². The van der Waals surface area contributed by atoms with Crippen LogP contribution in [0.15, 0.2) is 0 Å². The van der Waals surface area contributed by atoms with Crippen molar-refractivity contribution >= 4 is 83.6 Å². The van der Waals surface area contributed by atoms with Gasteiger partial charge in [0.15, 0.2) is 0 Å². The van der Waals surface area contributed by atoms with Crippen molar-refractivity contribution in [3.63, 3.8) is 0 Å². The van der Waals surface area contributed by atoms with Crippen molar-refractivity contribution in [1.82, 2.24) is 0 Å². The van der Waals surface area contributed by atoms with Gasteiger partial charge in [-0.3, -0.25) is 0 Å². The summed E-state index contributed by atoms with van der Waals surface area (Å²) in [5.41, 5.74) is 0. The van der Waals surface area contributed by atoms with Gasteiger partial charge in [-0.2, -0.15) is 0 Å². The van der Waals surface area contributed by atoms with Crippen molar-refractivity contribution in [2.45, 2.75) is 179 Å². The zero-order valence-corrected chi connectivity index (χ0v) is 49.5. The summed E-state index contributed by atoms with van der Waals surface area (Å²) in [7, 11) is -18.9. The second-order valence-corrected chi connectivity index (χ2v) is 43.9. The molecule has 9 nitrogen and oxygen atoms in total. The fraction of sp³-hybridized carbons (Fsp3) is 1.00. The Hall–Kier alpha value is 1.59. The summed E-state index contributed by atoms with van der Waals surface area (Å²) in [6, 6.07) is 8.41. The van der Waals surface area contributed by atoms with Crippen LogP contribution in [0.1, 0.15) is 125 Å². The highest BCUT2D eigenvalue weighted by Crippen LogP contribution is 2.44. The molecule has 54 heavy (non-hydrogen) atoms. The molecule has 0 aliphatic carbocycles. The van der Waals surface area contributed by atoms with Gasteiger partial charge in [-0.25, -0.2) is 0 Å². The molecule has 0 saturated carbocycles. The second kappa shape index (κ2) is 26.0. The van der Waals surface area contributed by atoms with Gasteiger partial charge in [0.05, 0.1) is 0 Å². The number of hydrogen-bond acceptors (Lipinski definition) is 9. The topological polar surface area (TPSA) is 83.1 Å². The Labute approximate surface area is 351 Å². The van der Waals surface area contributed by atoms with Gasteiger partial charge in [0.25, 0.3) is 40.0 Å². The molecule has 0 spiro atoms. The predicted molar refractivity (Wildman–Crippen MR) is 251 cm³/mol. The smallest absolute Gasteiger partial charge is 0.321 e. The fourth-order valence-electron chi connectivity index (χ4n) is 8.40. The molecule has 0 amide bonds. The van der Waals surface area contributed by atoms with Crippen LogP contribution in [0.3, 0.4) is 0 Å². The first-order chi connectivity index (χ1) is 24.9. The van der Waals surface area contributed by atoms with Gasteiger partial charge in [0, 0.05) is 0 Å². The molecule has 1 atom stereocenters. The highest BCUT2D eigenvalue weighted by molar-refractivity contribution is 6.91. The molecule has 1 rings (SSSR count). The molecule has 0 N–H and O–H groups in total. The normalized spacial score (nSPS) is 24.2. The van der Waals surface area contributed by atoms with Gasteiger partial charge in [0.1, 0.15) is 0 Å². The van der Waals surface area contributed by atoms with Crippen molar-refractivity contribution in [1.29, 1.82) is 0 Å². The van der Waals surface area contributed by atoms with Crippen LogP contribution in [0.5, 0.6) is 0 Å². The lowest BCUT2D eigenvalue weighted by Gasteiger charge is -2.51. The molecule has 0 aromatic rings. The minimum Gasteiger partial charge on any atom is -0.425 e. The van der Waals surface area contributed by atoms with E-state index in [4.69, 9.17) is 37.0 Å². The number of hydrogen-bond donors (Lipinski definition) is 0. The van der Waals surface area contributed by atoms with Crippen LogP contribution in [-0.2, 0) is 37.0 Å². The van der Waals surface area contributed by atoms with Gasteiger partial charge in [-0.05, 0) is 108 Å². The zero-order chi connectivity index (χ0) is 41.3. The summed E-state index contributed by atoms with van der Waals surface area (Å²) < 4.78 is 64.9. The minimum absolute atomic E-state index is 0.406. The Morgan fingerprint density at radius 1 is 0.352 bits per heavy atom. The third-order valence-electron chi connectivity index (χ3n) is 8.96. The van der Waals surface area contributed by atoms with Gasteiger partial charge >= 0.3 is 43.5 Å². The van der Waals surface area contributed by atoms with Gasteiger partial charge in [-0.1, -0.05) is 125 Å². The van der Waals surface area contributed by atoms with E-state index in [2.05, 4.69) is 125 Å². The van der Waals surface area contributed by atoms with E-state index in [0.29, 0.717) is 53.3 Å². The molecule has 0 bridgehead atoms. The molecule has 0 aromatic heterocycles. The Morgan fingerprint density at radius 3 is 1.02 bits per heavy atom. The lowest BCUT2D eigenvalue weighted by molar-refractivity contribution is 0.225. The molecule has 1 fully saturated rings. The fourth-order valence-corrected chi connectivity index (χ4v) is 47.5. The largest absolute Gasteiger partial charge is 0.425 e. The first-order valence-electron chi connectivity index (χ1n) is 21.7. The van der Waals surface area contributed by atoms with Crippen LogP contribution >= 0.6 is 0 Å². The Balaban J connectivity index is 4.38. The van der Waals surface area contributed by atoms with Crippen LogP contribution in [0, 0.1) is 53.3 Å². The molecule has 1 unspecified atom stereocenters. The summed E-state index contributed by atoms with van der Waals surface area (Å²) in [4.78, 5) is 0. The van der Waals surface area contributed by atoms with Gasteiger partial charge in [-0.15, -0.1) is 0 Å². The molecule has 1 aliphatic heterocycles. The van der Waals surface area contributed by atoms with Crippen LogP contribution in [0.2, 0.25) is 54.4 Å². The van der Waals surface area contributed by atoms with Crippen molar-refractivity contribution < 1.29 is 37.0 Å². The maximum absolute atomic E-state index is 8.33. The van der Waals surface area contributed by atoms with Crippen molar-refractivity contribution in [2.24, 2.45) is 53.3 Å². The summed E-state index contributed by atoms with van der Waals surface area (Å²) in [6.07, 6.45) is 0. The van der Waals surface area contributed by atoms with E-state index in [9.17, 15) is 0 Å². The van der Waals surface area contributed by atoms with Crippen LogP contribution in [0.4, 0.5) is 0 Å². The van der Waals surface area contributed by atoms with Crippen LogP contribution in [-0.4, -0.2) is 83.6 Å². The molecule has 1 saturated heterocycles. The van der Waals surface area contributed by atoms with E-state index in [1.165, 1.54) is 0 Å². The Bertz CT molecular complexity index is 951. The summed E-state index contributed by atoms with van der Waals surface area (Å²) >= 11 is 0. The van der Waals surface area contributed by atoms with E-state index in [0.717, 1.165) is 54.4 Å². The van der Waals surface area contributed by atoms with E-state index in [1.54, 1.807) is 0 Å². The summed E-state index contributed by atoms with van der Waals surface area (Å²) in [6.45, 7) is 42.1. The lowest BCUT2D eigenvalue weighted by Crippen LogP contribution is -2.66. The maximum atomic E-state index is 8.33. The average Bonchev–Trinajstić information content (AvgIpc) is 2.91. The minimum atomic E-state index is -3.04. The van der Waals surface area contributed by atoms with E-state index in [-0.39, 0.29) is 0 Å². The van der Waals surface area contributed by atoms with Crippen LogP contribution < -0.4 is 0 Å². The van der Waals surface area contributed by atoms with E-state index in [1.807, 2.05) is 0 Å². The van der Waals surface area contributed by atoms with E-state index < -0.39 is 83.6 Å².